The van der Waals surface area contributed by atoms with Crippen molar-refractivity contribution in [2.24, 2.45) is 0 Å². The lowest BCUT2D eigenvalue weighted by molar-refractivity contribution is -0.113. The number of benzene rings is 2. The number of ether oxygens (including phenoxy) is 2. The third-order valence-electron chi connectivity index (χ3n) is 4.15. The number of hydrogen-bond acceptors (Lipinski definition) is 5. The molecule has 2 aliphatic rings. The molecule has 0 atom stereocenters. The van der Waals surface area contributed by atoms with Crippen molar-refractivity contribution in [2.45, 2.75) is 13.8 Å². The summed E-state index contributed by atoms with van der Waals surface area (Å²) in [6, 6.07) is 11.6. The second kappa shape index (κ2) is 6.20. The molecule has 2 heterocycles. The number of aryl methyl sites for hydroxylation is 2. The minimum absolute atomic E-state index is 0.0925. The quantitative estimate of drug-likeness (QED) is 0.578. The molecule has 0 saturated carbocycles. The summed E-state index contributed by atoms with van der Waals surface area (Å²) in [6.45, 7) is 4.21. The molecule has 126 valence electrons. The zero-order chi connectivity index (χ0) is 17.6. The second-order valence-electron chi connectivity index (χ2n) is 5.87. The number of thiocarbonyl (C=S) groups is 1. The summed E-state index contributed by atoms with van der Waals surface area (Å²) in [5.41, 5.74) is 3.81. The maximum atomic E-state index is 13.0. The monoisotopic (exact) mass is 369 g/mol. The molecule has 2 aromatic carbocycles. The van der Waals surface area contributed by atoms with Gasteiger partial charge in [-0.15, -0.1) is 0 Å². The maximum absolute atomic E-state index is 13.0. The van der Waals surface area contributed by atoms with E-state index in [-0.39, 0.29) is 12.7 Å². The Morgan fingerprint density at radius 2 is 1.84 bits per heavy atom. The van der Waals surface area contributed by atoms with Crippen LogP contribution in [0.2, 0.25) is 0 Å². The summed E-state index contributed by atoms with van der Waals surface area (Å²) in [4.78, 5) is 15.2. The smallest absolute Gasteiger partial charge is 0.270 e. The average molecular weight is 369 g/mol. The van der Waals surface area contributed by atoms with Crippen molar-refractivity contribution in [3.8, 4) is 11.5 Å². The van der Waals surface area contributed by atoms with Crippen molar-refractivity contribution >= 4 is 46.0 Å². The molecule has 25 heavy (non-hydrogen) atoms. The molecule has 0 aliphatic carbocycles. The van der Waals surface area contributed by atoms with Gasteiger partial charge in [0, 0.05) is 0 Å². The van der Waals surface area contributed by atoms with Crippen LogP contribution in [-0.4, -0.2) is 17.0 Å². The number of carbonyl (C=O) groups is 1. The first-order valence-corrected chi connectivity index (χ1v) is 9.01. The molecule has 6 heteroatoms. The highest BCUT2D eigenvalue weighted by Crippen LogP contribution is 2.40. The van der Waals surface area contributed by atoms with E-state index in [0.29, 0.717) is 15.0 Å². The number of carbonyl (C=O) groups excluding carboxylic acids is 1. The first kappa shape index (κ1) is 16.2. The maximum Gasteiger partial charge on any atom is 0.270 e. The van der Waals surface area contributed by atoms with Crippen LogP contribution in [-0.2, 0) is 4.79 Å². The number of nitrogens with zero attached hydrogens (tertiary/aromatic N) is 1. The number of anilines is 1. The molecular weight excluding hydrogens is 354 g/mol. The van der Waals surface area contributed by atoms with E-state index in [1.54, 1.807) is 4.90 Å². The van der Waals surface area contributed by atoms with Crippen molar-refractivity contribution in [1.29, 1.82) is 0 Å². The van der Waals surface area contributed by atoms with Crippen LogP contribution in [0, 0.1) is 13.8 Å². The van der Waals surface area contributed by atoms with Gasteiger partial charge in [0.25, 0.3) is 5.91 Å². The van der Waals surface area contributed by atoms with Gasteiger partial charge in [0.15, 0.2) is 15.8 Å². The van der Waals surface area contributed by atoms with Gasteiger partial charge in [-0.05, 0) is 48.7 Å². The Morgan fingerprint density at radius 1 is 1.12 bits per heavy atom. The van der Waals surface area contributed by atoms with Gasteiger partial charge in [-0.25, -0.2) is 0 Å². The zero-order valence-corrected chi connectivity index (χ0v) is 15.4. The molecule has 4 rings (SSSR count). The molecule has 0 aromatic heterocycles. The van der Waals surface area contributed by atoms with Crippen molar-refractivity contribution in [3.05, 3.63) is 58.0 Å². The number of hydrogen-bond donors (Lipinski definition) is 0. The van der Waals surface area contributed by atoms with Gasteiger partial charge in [0.05, 0.1) is 10.6 Å². The fourth-order valence-corrected chi connectivity index (χ4v) is 4.24. The number of fused-ring (bicyclic) bond motifs is 1. The molecule has 2 aromatic rings. The molecule has 0 radical (unpaired) electrons. The van der Waals surface area contributed by atoms with Crippen molar-refractivity contribution in [3.63, 3.8) is 0 Å². The van der Waals surface area contributed by atoms with E-state index in [0.717, 1.165) is 28.1 Å². The van der Waals surface area contributed by atoms with E-state index >= 15 is 0 Å². The van der Waals surface area contributed by atoms with Crippen LogP contribution >= 0.6 is 24.0 Å². The Bertz CT molecular complexity index is 916. The van der Waals surface area contributed by atoms with Crippen LogP contribution in [0.1, 0.15) is 16.7 Å². The van der Waals surface area contributed by atoms with E-state index in [9.17, 15) is 4.79 Å². The molecule has 4 nitrogen and oxygen atoms in total. The van der Waals surface area contributed by atoms with E-state index in [1.165, 1.54) is 11.8 Å². The van der Waals surface area contributed by atoms with Gasteiger partial charge in [-0.2, -0.15) is 0 Å². The van der Waals surface area contributed by atoms with Crippen molar-refractivity contribution in [2.75, 3.05) is 11.7 Å². The van der Waals surface area contributed by atoms with Gasteiger partial charge < -0.3 is 9.47 Å². The Hall–Kier alpha value is -2.31. The van der Waals surface area contributed by atoms with Crippen LogP contribution in [0.15, 0.2) is 41.3 Å². The lowest BCUT2D eigenvalue weighted by Gasteiger charge is -2.19. The first-order chi connectivity index (χ1) is 12.0. The van der Waals surface area contributed by atoms with Crippen molar-refractivity contribution in [1.82, 2.24) is 0 Å². The molecule has 0 unspecified atom stereocenters. The summed E-state index contributed by atoms with van der Waals surface area (Å²) in [6.07, 6.45) is 1.84. The third-order valence-corrected chi connectivity index (χ3v) is 5.45. The summed E-state index contributed by atoms with van der Waals surface area (Å²) in [5.74, 6) is 1.32. The minimum atomic E-state index is -0.0925. The van der Waals surface area contributed by atoms with Crippen LogP contribution in [0.25, 0.3) is 6.08 Å². The predicted molar refractivity (Wildman–Crippen MR) is 104 cm³/mol. The highest BCUT2D eigenvalue weighted by molar-refractivity contribution is 8.27. The van der Waals surface area contributed by atoms with Crippen LogP contribution < -0.4 is 14.4 Å². The molecule has 0 spiro atoms. The highest BCUT2D eigenvalue weighted by atomic mass is 32.2. The first-order valence-electron chi connectivity index (χ1n) is 7.78. The second-order valence-corrected chi connectivity index (χ2v) is 7.55. The van der Waals surface area contributed by atoms with Gasteiger partial charge in [-0.1, -0.05) is 48.2 Å². The van der Waals surface area contributed by atoms with E-state index in [4.69, 9.17) is 21.7 Å². The number of thioether (sulfide) groups is 1. The van der Waals surface area contributed by atoms with E-state index in [1.807, 2.05) is 56.3 Å². The zero-order valence-electron chi connectivity index (χ0n) is 13.7. The Morgan fingerprint density at radius 3 is 2.60 bits per heavy atom. The standard InChI is InChI=1S/C19H15NO3S2/c1-11-4-3-5-12(2)17(11)20-18(21)16(25-19(20)24)9-13-6-7-14-15(8-13)23-10-22-14/h3-9H,10H2,1-2H3/b16-9-. The number of amides is 1. The van der Waals surface area contributed by atoms with Gasteiger partial charge in [-0.3, -0.25) is 9.69 Å². The van der Waals surface area contributed by atoms with E-state index in [2.05, 4.69) is 0 Å². The van der Waals surface area contributed by atoms with Gasteiger partial charge >= 0.3 is 0 Å². The summed E-state index contributed by atoms with van der Waals surface area (Å²) in [5, 5.41) is 0. The third kappa shape index (κ3) is 2.81. The molecule has 1 fully saturated rings. The molecule has 1 amide bonds. The molecule has 1 saturated heterocycles. The van der Waals surface area contributed by atoms with Crippen LogP contribution in [0.3, 0.4) is 0 Å². The largest absolute Gasteiger partial charge is 0.454 e. The topological polar surface area (TPSA) is 38.8 Å². The van der Waals surface area contributed by atoms with Gasteiger partial charge in [0.1, 0.15) is 0 Å². The van der Waals surface area contributed by atoms with E-state index < -0.39 is 0 Å². The normalized spacial score (nSPS) is 17.7. The SMILES string of the molecule is Cc1cccc(C)c1N1C(=O)/C(=C/c2ccc3c(c2)OCO3)SC1=S. The van der Waals surface area contributed by atoms with Crippen LogP contribution in [0.5, 0.6) is 11.5 Å². The highest BCUT2D eigenvalue weighted by Gasteiger charge is 2.34. The Balaban J connectivity index is 1.70. The number of rotatable bonds is 2. The molecule has 2 aliphatic heterocycles. The lowest BCUT2D eigenvalue weighted by Crippen LogP contribution is -2.29. The lowest BCUT2D eigenvalue weighted by atomic mass is 10.1. The Labute approximate surface area is 155 Å². The molecule has 0 N–H and O–H groups in total. The summed E-state index contributed by atoms with van der Waals surface area (Å²) in [7, 11) is 0. The fourth-order valence-electron chi connectivity index (χ4n) is 2.97. The predicted octanol–water partition coefficient (Wildman–Crippen LogP) is 4.44. The number of para-hydroxylation sites is 1. The van der Waals surface area contributed by atoms with Crippen molar-refractivity contribution < 1.29 is 14.3 Å². The minimum Gasteiger partial charge on any atom is -0.454 e. The fraction of sp³-hybridized carbons (Fsp3) is 0.158. The summed E-state index contributed by atoms with van der Waals surface area (Å²) < 4.78 is 11.3. The molecular formula is C19H15NO3S2. The van der Waals surface area contributed by atoms with Crippen LogP contribution in [0.4, 0.5) is 5.69 Å². The summed E-state index contributed by atoms with van der Waals surface area (Å²) >= 11 is 6.79. The average Bonchev–Trinajstić information content (AvgIpc) is 3.14. The Kier molecular flexibility index (Phi) is 4.01. The molecule has 0 bridgehead atoms. The van der Waals surface area contributed by atoms with Gasteiger partial charge in [0.2, 0.25) is 6.79 Å².